The summed E-state index contributed by atoms with van der Waals surface area (Å²) in [5, 5.41) is 0. The summed E-state index contributed by atoms with van der Waals surface area (Å²) in [6.45, 7) is 7.23. The molecule has 0 saturated heterocycles. The highest BCUT2D eigenvalue weighted by Crippen LogP contribution is 2.18. The van der Waals surface area contributed by atoms with Crippen LogP contribution in [-0.2, 0) is 28.5 Å². The van der Waals surface area contributed by atoms with Crippen LogP contribution in [0.2, 0.25) is 0 Å². The van der Waals surface area contributed by atoms with Gasteiger partial charge in [0, 0.05) is 12.2 Å². The van der Waals surface area contributed by atoms with Gasteiger partial charge in [0.15, 0.2) is 0 Å². The number of hydrogen-bond donors (Lipinski definition) is 0. The van der Waals surface area contributed by atoms with E-state index in [4.69, 9.17) is 28.4 Å². The van der Waals surface area contributed by atoms with Crippen LogP contribution in [0.1, 0.15) is 46.4 Å². The summed E-state index contributed by atoms with van der Waals surface area (Å²) in [6.07, 6.45) is 3.28. The van der Waals surface area contributed by atoms with E-state index in [1.807, 2.05) is 0 Å². The summed E-state index contributed by atoms with van der Waals surface area (Å²) >= 11 is 0. The minimum atomic E-state index is -0.911. The predicted octanol–water partition coefficient (Wildman–Crippen LogP) is 4.60. The lowest BCUT2D eigenvalue weighted by molar-refractivity contribution is -0.138. The Morgan fingerprint density at radius 3 is 1.40 bits per heavy atom. The molecule has 0 fully saturated rings. The maximum atomic E-state index is 12.4. The molecule has 40 heavy (non-hydrogen) atoms. The first-order valence-corrected chi connectivity index (χ1v) is 12.3. The number of esters is 4. The summed E-state index contributed by atoms with van der Waals surface area (Å²) in [4.78, 5) is 58.2. The quantitative estimate of drug-likeness (QED) is 0.0718. The minimum absolute atomic E-state index is 0.0837. The molecule has 0 aliphatic carbocycles. The normalized spacial score (nSPS) is 10.0. The van der Waals surface area contributed by atoms with Crippen LogP contribution in [-0.4, -0.2) is 56.5 Å². The zero-order valence-corrected chi connectivity index (χ0v) is 21.8. The van der Waals surface area contributed by atoms with Gasteiger partial charge in [-0.05, 0) is 74.2 Å². The third-order valence-corrected chi connectivity index (χ3v) is 4.94. The van der Waals surface area contributed by atoms with E-state index in [2.05, 4.69) is 13.2 Å². The molecule has 0 radical (unpaired) electrons. The van der Waals surface area contributed by atoms with Crippen LogP contribution >= 0.6 is 0 Å². The monoisotopic (exact) mass is 554 g/mol. The van der Waals surface area contributed by atoms with Gasteiger partial charge in [-0.15, -0.1) is 0 Å². The van der Waals surface area contributed by atoms with Gasteiger partial charge in [0.25, 0.3) is 0 Å². The number of benzene rings is 2. The Labute approximate surface area is 231 Å². The zero-order chi connectivity index (χ0) is 29.2. The summed E-state index contributed by atoms with van der Waals surface area (Å²) in [7, 11) is 0. The second-order valence-corrected chi connectivity index (χ2v) is 7.93. The van der Waals surface area contributed by atoms with Crippen molar-refractivity contribution in [1.29, 1.82) is 0 Å². The van der Waals surface area contributed by atoms with Crippen molar-refractivity contribution in [2.24, 2.45) is 0 Å². The van der Waals surface area contributed by atoms with E-state index >= 15 is 0 Å². The number of carbonyl (C=O) groups excluding carboxylic acids is 5. The van der Waals surface area contributed by atoms with Gasteiger partial charge in [-0.3, -0.25) is 0 Å². The fourth-order valence-corrected chi connectivity index (χ4v) is 2.89. The Morgan fingerprint density at radius 1 is 0.525 bits per heavy atom. The molecule has 11 heteroatoms. The van der Waals surface area contributed by atoms with Crippen molar-refractivity contribution < 1.29 is 52.4 Å². The summed E-state index contributed by atoms with van der Waals surface area (Å²) in [5.74, 6) is -1.82. The van der Waals surface area contributed by atoms with Crippen molar-refractivity contribution in [3.8, 4) is 11.5 Å². The standard InChI is InChI=1S/C29H30O11/c1-3-25(30)35-17-5-7-19-37-27(32)21-9-13-23(14-10-21)39-28(33)22-11-15-24(16-12-22)40-29(34)38-20-8-6-18-36-26(31)4-2/h3-4,9-16H,1-2,5-8,17-20H2. The van der Waals surface area contributed by atoms with Crippen molar-refractivity contribution in [1.82, 2.24) is 0 Å². The molecule has 0 spiro atoms. The first-order chi connectivity index (χ1) is 19.3. The minimum Gasteiger partial charge on any atom is -0.463 e. The molecule has 0 heterocycles. The molecule has 2 aromatic carbocycles. The van der Waals surface area contributed by atoms with E-state index < -0.39 is 30.0 Å². The molecule has 0 atom stereocenters. The molecular formula is C29H30O11. The molecule has 11 nitrogen and oxygen atoms in total. The van der Waals surface area contributed by atoms with Crippen LogP contribution < -0.4 is 9.47 Å². The van der Waals surface area contributed by atoms with Gasteiger partial charge >= 0.3 is 30.0 Å². The second-order valence-electron chi connectivity index (χ2n) is 7.93. The van der Waals surface area contributed by atoms with Gasteiger partial charge in [0.05, 0.1) is 37.6 Å². The lowest BCUT2D eigenvalue weighted by Gasteiger charge is -2.08. The smallest absolute Gasteiger partial charge is 0.463 e. The van der Waals surface area contributed by atoms with Crippen LogP contribution in [0.15, 0.2) is 73.8 Å². The summed E-state index contributed by atoms with van der Waals surface area (Å²) in [6, 6.07) is 11.5. The lowest BCUT2D eigenvalue weighted by atomic mass is 10.2. The Kier molecular flexibility index (Phi) is 13.7. The largest absolute Gasteiger partial charge is 0.513 e. The average Bonchev–Trinajstić information content (AvgIpc) is 2.96. The van der Waals surface area contributed by atoms with Crippen molar-refractivity contribution in [3.63, 3.8) is 0 Å². The van der Waals surface area contributed by atoms with Crippen molar-refractivity contribution in [2.45, 2.75) is 25.7 Å². The third-order valence-electron chi connectivity index (χ3n) is 4.94. The van der Waals surface area contributed by atoms with Crippen molar-refractivity contribution in [3.05, 3.63) is 85.0 Å². The van der Waals surface area contributed by atoms with Crippen LogP contribution in [0.4, 0.5) is 4.79 Å². The topological polar surface area (TPSA) is 141 Å². The number of hydrogen-bond acceptors (Lipinski definition) is 11. The first-order valence-electron chi connectivity index (χ1n) is 12.3. The first kappa shape index (κ1) is 31.3. The van der Waals surface area contributed by atoms with Gasteiger partial charge in [0.2, 0.25) is 0 Å². The van der Waals surface area contributed by atoms with Crippen LogP contribution in [0.5, 0.6) is 11.5 Å². The highest BCUT2D eigenvalue weighted by Gasteiger charge is 2.13. The maximum Gasteiger partial charge on any atom is 0.513 e. The third kappa shape index (κ3) is 12.1. The Morgan fingerprint density at radius 2 is 0.925 bits per heavy atom. The molecular weight excluding hydrogens is 524 g/mol. The molecule has 0 aliphatic heterocycles. The number of ether oxygens (including phenoxy) is 6. The fourth-order valence-electron chi connectivity index (χ4n) is 2.89. The second kappa shape index (κ2) is 17.6. The van der Waals surface area contributed by atoms with Gasteiger partial charge in [0.1, 0.15) is 11.5 Å². The predicted molar refractivity (Wildman–Crippen MR) is 141 cm³/mol. The molecule has 2 aromatic rings. The van der Waals surface area contributed by atoms with Gasteiger partial charge in [-0.25, -0.2) is 24.0 Å². The number of unbranched alkanes of at least 4 members (excludes halogenated alkanes) is 2. The molecule has 0 aromatic heterocycles. The SMILES string of the molecule is C=CC(=O)OCCCCOC(=O)Oc1ccc(C(=O)Oc2ccc(C(=O)OCCCCOC(=O)C=C)cc2)cc1. The number of carbonyl (C=O) groups is 5. The highest BCUT2D eigenvalue weighted by molar-refractivity contribution is 5.92. The zero-order valence-electron chi connectivity index (χ0n) is 21.8. The van der Waals surface area contributed by atoms with Gasteiger partial charge in [-0.1, -0.05) is 13.2 Å². The van der Waals surface area contributed by atoms with Gasteiger partial charge in [-0.2, -0.15) is 0 Å². The Balaban J connectivity index is 1.70. The molecule has 212 valence electrons. The van der Waals surface area contributed by atoms with E-state index in [0.29, 0.717) is 25.7 Å². The van der Waals surface area contributed by atoms with E-state index in [0.717, 1.165) is 12.2 Å². The Bertz CT molecular complexity index is 1170. The molecule has 0 bridgehead atoms. The number of rotatable bonds is 16. The van der Waals surface area contributed by atoms with Gasteiger partial charge < -0.3 is 28.4 Å². The van der Waals surface area contributed by atoms with Crippen LogP contribution in [0.3, 0.4) is 0 Å². The van der Waals surface area contributed by atoms with E-state index in [9.17, 15) is 24.0 Å². The molecule has 0 amide bonds. The molecule has 2 rings (SSSR count). The van der Waals surface area contributed by atoms with Crippen molar-refractivity contribution in [2.75, 3.05) is 26.4 Å². The summed E-state index contributed by atoms with van der Waals surface area (Å²) in [5.41, 5.74) is 0.486. The maximum absolute atomic E-state index is 12.4. The van der Waals surface area contributed by atoms with Crippen LogP contribution in [0, 0.1) is 0 Å². The van der Waals surface area contributed by atoms with Crippen LogP contribution in [0.25, 0.3) is 0 Å². The average molecular weight is 555 g/mol. The van der Waals surface area contributed by atoms with E-state index in [-0.39, 0.29) is 49.1 Å². The highest BCUT2D eigenvalue weighted by atomic mass is 16.7. The lowest BCUT2D eigenvalue weighted by Crippen LogP contribution is -2.13. The fraction of sp³-hybridized carbons (Fsp3) is 0.276. The molecule has 0 N–H and O–H groups in total. The van der Waals surface area contributed by atoms with E-state index in [1.54, 1.807) is 0 Å². The molecule has 0 aliphatic rings. The Hall–Kier alpha value is -4.93. The molecule has 0 saturated carbocycles. The van der Waals surface area contributed by atoms with Crippen molar-refractivity contribution >= 4 is 30.0 Å². The van der Waals surface area contributed by atoms with E-state index in [1.165, 1.54) is 48.5 Å². The summed E-state index contributed by atoms with van der Waals surface area (Å²) < 4.78 is 30.1. The molecule has 0 unspecified atom stereocenters.